The summed E-state index contributed by atoms with van der Waals surface area (Å²) >= 11 is 3.20. The van der Waals surface area contributed by atoms with Crippen molar-refractivity contribution in [2.24, 2.45) is 11.7 Å². The summed E-state index contributed by atoms with van der Waals surface area (Å²) < 4.78 is 14.1. The summed E-state index contributed by atoms with van der Waals surface area (Å²) in [5, 5.41) is 2.89. The van der Waals surface area contributed by atoms with Gasteiger partial charge >= 0.3 is 0 Å². The van der Waals surface area contributed by atoms with Crippen molar-refractivity contribution in [2.75, 3.05) is 6.54 Å². The molecule has 6 heteroatoms. The predicted molar refractivity (Wildman–Crippen MR) is 79.0 cm³/mol. The number of nitrogens with one attached hydrogen (secondary N) is 1. The first-order valence-electron chi connectivity index (χ1n) is 6.08. The van der Waals surface area contributed by atoms with Gasteiger partial charge in [0, 0.05) is 10.5 Å². The average Bonchev–Trinajstić information content (AvgIpc) is 2.76. The zero-order valence-corrected chi connectivity index (χ0v) is 12.8. The number of amides is 1. The van der Waals surface area contributed by atoms with Crippen molar-refractivity contribution in [3.05, 3.63) is 34.1 Å². The van der Waals surface area contributed by atoms with E-state index in [1.54, 1.807) is 12.1 Å². The molecule has 19 heavy (non-hydrogen) atoms. The van der Waals surface area contributed by atoms with Gasteiger partial charge in [-0.15, -0.1) is 12.4 Å². The van der Waals surface area contributed by atoms with Crippen LogP contribution in [0.15, 0.2) is 22.7 Å². The Labute approximate surface area is 126 Å². The van der Waals surface area contributed by atoms with Crippen molar-refractivity contribution in [3.63, 3.8) is 0 Å². The monoisotopic (exact) mass is 350 g/mol. The molecule has 0 aliphatic heterocycles. The second-order valence-corrected chi connectivity index (χ2v) is 5.46. The molecule has 0 aromatic heterocycles. The number of hydrogen-bond donors (Lipinski definition) is 2. The summed E-state index contributed by atoms with van der Waals surface area (Å²) in [6.45, 7) is 0.559. The Hall–Kier alpha value is -0.650. The number of nitrogens with two attached hydrogens (primary N) is 1. The zero-order valence-electron chi connectivity index (χ0n) is 10.4. The number of benzene rings is 1. The molecule has 0 heterocycles. The van der Waals surface area contributed by atoms with Gasteiger partial charge < -0.3 is 11.1 Å². The minimum Gasteiger partial charge on any atom is -0.349 e. The van der Waals surface area contributed by atoms with Crippen LogP contribution in [0.25, 0.3) is 0 Å². The van der Waals surface area contributed by atoms with Crippen molar-refractivity contribution >= 4 is 34.2 Å². The Morgan fingerprint density at radius 2 is 2.21 bits per heavy atom. The molecule has 3 N–H and O–H groups in total. The number of hydrogen-bond acceptors (Lipinski definition) is 2. The van der Waals surface area contributed by atoms with E-state index in [4.69, 9.17) is 5.73 Å². The molecule has 2 unspecified atom stereocenters. The minimum atomic E-state index is -0.510. The van der Waals surface area contributed by atoms with Gasteiger partial charge in [-0.25, -0.2) is 4.39 Å². The highest BCUT2D eigenvalue weighted by molar-refractivity contribution is 9.10. The smallest absolute Gasteiger partial charge is 0.255 e. The maximum absolute atomic E-state index is 13.6. The molecule has 1 aromatic rings. The Morgan fingerprint density at radius 1 is 1.47 bits per heavy atom. The lowest BCUT2D eigenvalue weighted by Gasteiger charge is -2.20. The highest BCUT2D eigenvalue weighted by Gasteiger charge is 2.28. The van der Waals surface area contributed by atoms with E-state index in [-0.39, 0.29) is 29.9 Å². The lowest BCUT2D eigenvalue weighted by molar-refractivity contribution is 0.0924. The van der Waals surface area contributed by atoms with Crippen LogP contribution in [-0.4, -0.2) is 18.5 Å². The SMILES string of the molecule is Cl.NCC1CCCC1NC(=O)c1c(F)cccc1Br. The van der Waals surface area contributed by atoms with Gasteiger partial charge in [0.05, 0.1) is 5.56 Å². The van der Waals surface area contributed by atoms with E-state index in [9.17, 15) is 9.18 Å². The van der Waals surface area contributed by atoms with Crippen LogP contribution in [0.1, 0.15) is 29.6 Å². The van der Waals surface area contributed by atoms with Crippen molar-refractivity contribution in [1.29, 1.82) is 0 Å². The van der Waals surface area contributed by atoms with E-state index in [2.05, 4.69) is 21.2 Å². The first-order chi connectivity index (χ1) is 8.63. The fourth-order valence-corrected chi connectivity index (χ4v) is 2.99. The lowest BCUT2D eigenvalue weighted by Crippen LogP contribution is -2.40. The number of rotatable bonds is 3. The van der Waals surface area contributed by atoms with E-state index >= 15 is 0 Å². The summed E-state index contributed by atoms with van der Waals surface area (Å²) in [6, 6.07) is 4.57. The van der Waals surface area contributed by atoms with Crippen LogP contribution < -0.4 is 11.1 Å². The third-order valence-electron chi connectivity index (χ3n) is 3.47. The summed E-state index contributed by atoms with van der Waals surface area (Å²) in [4.78, 5) is 12.1. The van der Waals surface area contributed by atoms with Gasteiger partial charge in [-0.2, -0.15) is 0 Å². The lowest BCUT2D eigenvalue weighted by atomic mass is 10.0. The van der Waals surface area contributed by atoms with Crippen LogP contribution in [0.3, 0.4) is 0 Å². The molecular formula is C13H17BrClFN2O. The van der Waals surface area contributed by atoms with E-state index in [0.717, 1.165) is 19.3 Å². The van der Waals surface area contributed by atoms with Crippen LogP contribution >= 0.6 is 28.3 Å². The Morgan fingerprint density at radius 3 is 2.84 bits per heavy atom. The molecule has 1 aliphatic carbocycles. The molecule has 3 nitrogen and oxygen atoms in total. The summed E-state index contributed by atoms with van der Waals surface area (Å²) in [5.74, 6) is -0.575. The molecular weight excluding hydrogens is 335 g/mol. The molecule has 0 radical (unpaired) electrons. The van der Waals surface area contributed by atoms with Crippen molar-refractivity contribution < 1.29 is 9.18 Å². The third-order valence-corrected chi connectivity index (χ3v) is 4.13. The summed E-state index contributed by atoms with van der Waals surface area (Å²) in [7, 11) is 0. The molecule has 1 aromatic carbocycles. The van der Waals surface area contributed by atoms with Crippen molar-refractivity contribution in [2.45, 2.75) is 25.3 Å². The fourth-order valence-electron chi connectivity index (χ4n) is 2.46. The van der Waals surface area contributed by atoms with Crippen molar-refractivity contribution in [3.8, 4) is 0 Å². The van der Waals surface area contributed by atoms with Crippen LogP contribution in [0.4, 0.5) is 4.39 Å². The van der Waals surface area contributed by atoms with Crippen molar-refractivity contribution in [1.82, 2.24) is 5.32 Å². The number of carbonyl (C=O) groups is 1. The van der Waals surface area contributed by atoms with Gasteiger partial charge in [0.15, 0.2) is 0 Å². The number of carbonyl (C=O) groups excluding carboxylic acids is 1. The maximum atomic E-state index is 13.6. The van der Waals surface area contributed by atoms with Gasteiger partial charge in [-0.1, -0.05) is 12.5 Å². The van der Waals surface area contributed by atoms with Crippen LogP contribution in [0.5, 0.6) is 0 Å². The zero-order chi connectivity index (χ0) is 13.1. The Bertz CT molecular complexity index is 438. The Kier molecular flexibility index (Phi) is 6.23. The molecule has 106 valence electrons. The summed E-state index contributed by atoms with van der Waals surface area (Å²) in [5.41, 5.74) is 5.73. The van der Waals surface area contributed by atoms with Crippen LogP contribution in [-0.2, 0) is 0 Å². The van der Waals surface area contributed by atoms with Gasteiger partial charge in [-0.05, 0) is 53.4 Å². The first-order valence-corrected chi connectivity index (χ1v) is 6.87. The molecule has 2 atom stereocenters. The van der Waals surface area contributed by atoms with Gasteiger partial charge in [0.25, 0.3) is 5.91 Å². The largest absolute Gasteiger partial charge is 0.349 e. The average molecular weight is 352 g/mol. The van der Waals surface area contributed by atoms with E-state index < -0.39 is 5.82 Å². The van der Waals surface area contributed by atoms with Gasteiger partial charge in [-0.3, -0.25) is 4.79 Å². The van der Waals surface area contributed by atoms with Crippen LogP contribution in [0.2, 0.25) is 0 Å². The minimum absolute atomic E-state index is 0. The molecule has 2 rings (SSSR count). The van der Waals surface area contributed by atoms with Crippen LogP contribution in [0, 0.1) is 11.7 Å². The highest BCUT2D eigenvalue weighted by Crippen LogP contribution is 2.26. The first kappa shape index (κ1) is 16.4. The van der Waals surface area contributed by atoms with E-state index in [1.807, 2.05) is 0 Å². The topological polar surface area (TPSA) is 55.1 Å². The quantitative estimate of drug-likeness (QED) is 0.880. The predicted octanol–water partition coefficient (Wildman–Crippen LogP) is 2.87. The molecule has 1 aliphatic rings. The highest BCUT2D eigenvalue weighted by atomic mass is 79.9. The molecule has 0 saturated heterocycles. The molecule has 1 saturated carbocycles. The number of halogens is 3. The van der Waals surface area contributed by atoms with Gasteiger partial charge in [0.2, 0.25) is 0 Å². The second kappa shape index (κ2) is 7.22. The standard InChI is InChI=1S/C13H16BrFN2O.ClH/c14-9-4-2-5-10(15)12(9)13(18)17-11-6-1-3-8(11)7-16;/h2,4-5,8,11H,1,3,6-7,16H2,(H,17,18);1H. The molecule has 0 spiro atoms. The molecule has 1 fully saturated rings. The third kappa shape index (κ3) is 3.68. The molecule has 0 bridgehead atoms. The van der Waals surface area contributed by atoms with E-state index in [1.165, 1.54) is 6.07 Å². The van der Waals surface area contributed by atoms with E-state index in [0.29, 0.717) is 16.9 Å². The summed E-state index contributed by atoms with van der Waals surface area (Å²) in [6.07, 6.45) is 3.00. The normalized spacial score (nSPS) is 21.8. The second-order valence-electron chi connectivity index (χ2n) is 4.60. The fraction of sp³-hybridized carbons (Fsp3) is 0.462. The molecule has 1 amide bonds. The maximum Gasteiger partial charge on any atom is 0.255 e. The Balaban J connectivity index is 0.00000180. The van der Waals surface area contributed by atoms with Gasteiger partial charge in [0.1, 0.15) is 5.82 Å².